The number of ether oxygens (including phenoxy) is 1. The summed E-state index contributed by atoms with van der Waals surface area (Å²) in [6.45, 7) is 6.98. The van der Waals surface area contributed by atoms with Crippen molar-refractivity contribution in [2.24, 2.45) is 0 Å². The maximum atomic E-state index is 8.98. The summed E-state index contributed by atoms with van der Waals surface area (Å²) in [7, 11) is 0. The summed E-state index contributed by atoms with van der Waals surface area (Å²) in [4.78, 5) is 7.30. The van der Waals surface area contributed by atoms with Gasteiger partial charge in [0.25, 0.3) is 0 Å². The van der Waals surface area contributed by atoms with E-state index in [4.69, 9.17) is 16.4 Å². The summed E-state index contributed by atoms with van der Waals surface area (Å²) in [6, 6.07) is 8.53. The molecule has 2 aromatic rings. The van der Waals surface area contributed by atoms with Crippen LogP contribution in [0.4, 0.5) is 5.69 Å². The van der Waals surface area contributed by atoms with E-state index in [1.807, 2.05) is 0 Å². The fourth-order valence-corrected chi connectivity index (χ4v) is 1.37. The van der Waals surface area contributed by atoms with Gasteiger partial charge < -0.3 is 9.84 Å². The van der Waals surface area contributed by atoms with Crippen molar-refractivity contribution < 1.29 is 9.84 Å². The molecule has 0 unspecified atom stereocenters. The molecule has 1 aromatic heterocycles. The molecular weight excluding hydrogens is 216 g/mol. The molecule has 0 fully saturated rings. The third-order valence-corrected chi connectivity index (χ3v) is 2.19. The molecular formula is C13H10N2O2. The first-order valence-corrected chi connectivity index (χ1v) is 5.02. The van der Waals surface area contributed by atoms with Crippen LogP contribution in [0.25, 0.3) is 4.85 Å². The third kappa shape index (κ3) is 2.60. The SMILES string of the molecule is [C-]#[N+]c1cc(CO)ccc1Oc1cccnc1. The van der Waals surface area contributed by atoms with Crippen molar-refractivity contribution in [1.82, 2.24) is 4.98 Å². The minimum absolute atomic E-state index is 0.0876. The van der Waals surface area contributed by atoms with Gasteiger partial charge in [0.1, 0.15) is 11.5 Å². The van der Waals surface area contributed by atoms with Crippen LogP contribution in [0.5, 0.6) is 11.5 Å². The number of rotatable bonds is 3. The van der Waals surface area contributed by atoms with Gasteiger partial charge in [-0.25, -0.2) is 4.85 Å². The second-order valence-electron chi connectivity index (χ2n) is 3.36. The van der Waals surface area contributed by atoms with Crippen molar-refractivity contribution in [2.45, 2.75) is 6.61 Å². The number of nitrogens with zero attached hydrogens (tertiary/aromatic N) is 2. The van der Waals surface area contributed by atoms with Crippen LogP contribution in [0.1, 0.15) is 5.56 Å². The van der Waals surface area contributed by atoms with Crippen LogP contribution in [0.15, 0.2) is 42.7 Å². The molecule has 0 radical (unpaired) electrons. The first-order valence-electron chi connectivity index (χ1n) is 5.02. The van der Waals surface area contributed by atoms with Crippen molar-refractivity contribution in [3.63, 3.8) is 0 Å². The summed E-state index contributed by atoms with van der Waals surface area (Å²) in [5.41, 5.74) is 1.06. The topological polar surface area (TPSA) is 46.7 Å². The zero-order valence-corrected chi connectivity index (χ0v) is 9.00. The summed E-state index contributed by atoms with van der Waals surface area (Å²) in [5, 5.41) is 8.98. The number of aromatic nitrogens is 1. The van der Waals surface area contributed by atoms with E-state index < -0.39 is 0 Å². The van der Waals surface area contributed by atoms with Crippen LogP contribution in [0, 0.1) is 6.57 Å². The van der Waals surface area contributed by atoms with Crippen molar-refractivity contribution in [1.29, 1.82) is 0 Å². The highest BCUT2D eigenvalue weighted by atomic mass is 16.5. The Morgan fingerprint density at radius 2 is 2.24 bits per heavy atom. The van der Waals surface area contributed by atoms with Gasteiger partial charge in [-0.1, -0.05) is 6.07 Å². The third-order valence-electron chi connectivity index (χ3n) is 2.19. The fourth-order valence-electron chi connectivity index (χ4n) is 1.37. The number of hydrogen-bond acceptors (Lipinski definition) is 3. The second kappa shape index (κ2) is 5.10. The quantitative estimate of drug-likeness (QED) is 0.818. The molecule has 0 spiro atoms. The van der Waals surface area contributed by atoms with Crippen LogP contribution < -0.4 is 4.74 Å². The number of benzene rings is 1. The Hall–Kier alpha value is -2.38. The Bertz CT molecular complexity index is 547. The zero-order chi connectivity index (χ0) is 12.1. The molecule has 0 bridgehead atoms. The van der Waals surface area contributed by atoms with Crippen LogP contribution in [-0.2, 0) is 6.61 Å². The summed E-state index contributed by atoms with van der Waals surface area (Å²) < 4.78 is 5.54. The molecule has 0 saturated carbocycles. The standard InChI is InChI=1S/C13H10N2O2/c1-14-12-7-10(9-16)4-5-13(12)17-11-3-2-6-15-8-11/h2-8,16H,9H2. The Labute approximate surface area is 98.9 Å². The monoisotopic (exact) mass is 226 g/mol. The van der Waals surface area contributed by atoms with Crippen molar-refractivity contribution in [3.8, 4) is 11.5 Å². The average Bonchev–Trinajstić information content (AvgIpc) is 2.40. The van der Waals surface area contributed by atoms with E-state index in [-0.39, 0.29) is 6.61 Å². The van der Waals surface area contributed by atoms with Crippen molar-refractivity contribution in [2.75, 3.05) is 0 Å². The molecule has 0 aliphatic carbocycles. The van der Waals surface area contributed by atoms with E-state index in [1.165, 1.54) is 0 Å². The number of aliphatic hydroxyl groups excluding tert-OH is 1. The van der Waals surface area contributed by atoms with Crippen LogP contribution >= 0.6 is 0 Å². The van der Waals surface area contributed by atoms with Gasteiger partial charge in [-0.2, -0.15) is 0 Å². The van der Waals surface area contributed by atoms with Gasteiger partial charge in [-0.05, 0) is 29.8 Å². The van der Waals surface area contributed by atoms with Gasteiger partial charge in [0.2, 0.25) is 5.69 Å². The highest BCUT2D eigenvalue weighted by Gasteiger charge is 2.06. The predicted molar refractivity (Wildman–Crippen MR) is 62.9 cm³/mol. The number of hydrogen-bond donors (Lipinski definition) is 1. The minimum atomic E-state index is -0.0876. The van der Waals surface area contributed by atoms with Crippen molar-refractivity contribution in [3.05, 3.63) is 59.7 Å². The molecule has 1 aromatic carbocycles. The average molecular weight is 226 g/mol. The van der Waals surface area contributed by atoms with E-state index in [0.29, 0.717) is 22.7 Å². The van der Waals surface area contributed by atoms with Gasteiger partial charge in [-0.3, -0.25) is 4.98 Å². The molecule has 0 aliphatic rings. The molecule has 17 heavy (non-hydrogen) atoms. The lowest BCUT2D eigenvalue weighted by atomic mass is 10.2. The van der Waals surface area contributed by atoms with Gasteiger partial charge in [0, 0.05) is 6.20 Å². The lowest BCUT2D eigenvalue weighted by Crippen LogP contribution is -1.87. The van der Waals surface area contributed by atoms with Crippen LogP contribution in [-0.4, -0.2) is 10.1 Å². The number of pyridine rings is 1. The van der Waals surface area contributed by atoms with Crippen LogP contribution in [0.3, 0.4) is 0 Å². The van der Waals surface area contributed by atoms with Gasteiger partial charge >= 0.3 is 0 Å². The van der Waals surface area contributed by atoms with Gasteiger partial charge in [-0.15, -0.1) is 0 Å². The first kappa shape index (κ1) is 11.1. The molecule has 0 amide bonds. The zero-order valence-electron chi connectivity index (χ0n) is 9.00. The molecule has 1 heterocycles. The van der Waals surface area contributed by atoms with E-state index >= 15 is 0 Å². The van der Waals surface area contributed by atoms with E-state index in [2.05, 4.69) is 9.83 Å². The Morgan fingerprint density at radius 3 is 2.88 bits per heavy atom. The predicted octanol–water partition coefficient (Wildman–Crippen LogP) is 2.92. The molecule has 0 aliphatic heterocycles. The fraction of sp³-hybridized carbons (Fsp3) is 0.0769. The Morgan fingerprint density at radius 1 is 1.35 bits per heavy atom. The lowest BCUT2D eigenvalue weighted by Gasteiger charge is -2.07. The number of aliphatic hydroxyl groups is 1. The van der Waals surface area contributed by atoms with E-state index in [1.54, 1.807) is 42.7 Å². The highest BCUT2D eigenvalue weighted by molar-refractivity contribution is 5.60. The Balaban J connectivity index is 2.31. The van der Waals surface area contributed by atoms with E-state index in [9.17, 15) is 0 Å². The van der Waals surface area contributed by atoms with Gasteiger partial charge in [0.15, 0.2) is 0 Å². The maximum Gasteiger partial charge on any atom is 0.229 e. The molecule has 4 nitrogen and oxygen atoms in total. The molecule has 2 rings (SSSR count). The molecule has 1 N–H and O–H groups in total. The summed E-state index contributed by atoms with van der Waals surface area (Å²) >= 11 is 0. The van der Waals surface area contributed by atoms with E-state index in [0.717, 1.165) is 0 Å². The highest BCUT2D eigenvalue weighted by Crippen LogP contribution is 2.32. The molecule has 0 atom stereocenters. The first-order chi connectivity index (χ1) is 8.33. The minimum Gasteiger partial charge on any atom is -0.467 e. The lowest BCUT2D eigenvalue weighted by molar-refractivity contribution is 0.282. The summed E-state index contributed by atoms with van der Waals surface area (Å²) in [6.07, 6.45) is 3.23. The molecule has 0 saturated heterocycles. The summed E-state index contributed by atoms with van der Waals surface area (Å²) in [5.74, 6) is 1.04. The van der Waals surface area contributed by atoms with Crippen LogP contribution in [0.2, 0.25) is 0 Å². The van der Waals surface area contributed by atoms with Gasteiger partial charge in [0.05, 0.1) is 19.4 Å². The largest absolute Gasteiger partial charge is 0.467 e. The van der Waals surface area contributed by atoms with Crippen molar-refractivity contribution >= 4 is 5.69 Å². The smallest absolute Gasteiger partial charge is 0.229 e. The molecule has 84 valence electrons. The Kier molecular flexibility index (Phi) is 3.34. The normalized spacial score (nSPS) is 9.65. The molecule has 4 heteroatoms. The maximum absolute atomic E-state index is 8.98. The second-order valence-corrected chi connectivity index (χ2v) is 3.36.